The van der Waals surface area contributed by atoms with E-state index in [9.17, 15) is 0 Å². The second-order valence-electron chi connectivity index (χ2n) is 14.2. The van der Waals surface area contributed by atoms with Crippen LogP contribution in [0, 0.1) is 0 Å². The lowest BCUT2D eigenvalue weighted by Gasteiger charge is -2.34. The van der Waals surface area contributed by atoms with E-state index in [1.807, 2.05) is 0 Å². The van der Waals surface area contributed by atoms with Crippen LogP contribution in [-0.2, 0) is 5.41 Å². The highest BCUT2D eigenvalue weighted by molar-refractivity contribution is 6.20. The third-order valence-corrected chi connectivity index (χ3v) is 11.2. The first-order valence-corrected chi connectivity index (χ1v) is 17.4. The first kappa shape index (κ1) is 27.6. The summed E-state index contributed by atoms with van der Waals surface area (Å²) in [7, 11) is 0. The van der Waals surface area contributed by atoms with Gasteiger partial charge in [-0.2, -0.15) is 0 Å². The van der Waals surface area contributed by atoms with E-state index in [0.29, 0.717) is 0 Å². The van der Waals surface area contributed by atoms with Gasteiger partial charge in [0, 0.05) is 55.6 Å². The van der Waals surface area contributed by atoms with E-state index in [-0.39, 0.29) is 5.41 Å². The van der Waals surface area contributed by atoms with Gasteiger partial charge in [0.1, 0.15) is 0 Å². The highest BCUT2D eigenvalue weighted by Crippen LogP contribution is 2.49. The van der Waals surface area contributed by atoms with Crippen LogP contribution >= 0.6 is 0 Å². The molecule has 0 radical (unpaired) electrons. The number of para-hydroxylation sites is 4. The molecule has 0 N–H and O–H groups in total. The van der Waals surface area contributed by atoms with E-state index in [1.165, 1.54) is 93.8 Å². The molecule has 4 heterocycles. The minimum absolute atomic E-state index is 0.145. The summed E-state index contributed by atoms with van der Waals surface area (Å²) in [5, 5.41) is 6.39. The summed E-state index contributed by atoms with van der Waals surface area (Å²) >= 11 is 0. The van der Waals surface area contributed by atoms with Gasteiger partial charge in [0.05, 0.1) is 27.6 Å². The van der Waals surface area contributed by atoms with E-state index >= 15 is 0 Å². The summed E-state index contributed by atoms with van der Waals surface area (Å²) in [6.07, 6.45) is 2.27. The molecule has 236 valence electrons. The predicted molar refractivity (Wildman–Crippen MR) is 210 cm³/mol. The quantitative estimate of drug-likeness (QED) is 0.183. The molecule has 0 saturated heterocycles. The molecule has 1 aliphatic rings. The van der Waals surface area contributed by atoms with E-state index in [0.717, 1.165) is 0 Å². The van der Waals surface area contributed by atoms with Gasteiger partial charge in [0.25, 0.3) is 0 Å². The van der Waals surface area contributed by atoms with Crippen LogP contribution in [0.1, 0.15) is 25.0 Å². The average Bonchev–Trinajstić information content (AvgIpc) is 3.85. The van der Waals surface area contributed by atoms with Crippen LogP contribution < -0.4 is 0 Å². The predicted octanol–water partition coefficient (Wildman–Crippen LogP) is 12.1. The third kappa shape index (κ3) is 3.59. The SMILES string of the molecule is CC1(C)c2ccccc2-n2ccc3c2c1cc1c2cc(-c4ccc5c(c4)c4ccccc4n5-c4ccccc4)ccc2n(-c2ccccc2)c13. The first-order valence-electron chi connectivity index (χ1n) is 17.4. The summed E-state index contributed by atoms with van der Waals surface area (Å²) in [5.74, 6) is 0. The van der Waals surface area contributed by atoms with Crippen molar-refractivity contribution in [3.63, 3.8) is 0 Å². The summed E-state index contributed by atoms with van der Waals surface area (Å²) in [6.45, 7) is 4.76. The molecule has 50 heavy (non-hydrogen) atoms. The maximum Gasteiger partial charge on any atom is 0.0635 e. The smallest absolute Gasteiger partial charge is 0.0635 e. The highest BCUT2D eigenvalue weighted by Gasteiger charge is 2.35. The number of nitrogens with zero attached hydrogens (tertiary/aromatic N) is 3. The Morgan fingerprint density at radius 3 is 1.72 bits per heavy atom. The van der Waals surface area contributed by atoms with E-state index < -0.39 is 0 Å². The van der Waals surface area contributed by atoms with Crippen molar-refractivity contribution in [2.45, 2.75) is 19.3 Å². The number of hydrogen-bond donors (Lipinski definition) is 0. The molecule has 0 aliphatic carbocycles. The van der Waals surface area contributed by atoms with Gasteiger partial charge < -0.3 is 13.7 Å². The molecule has 3 heteroatoms. The van der Waals surface area contributed by atoms with Crippen molar-refractivity contribution >= 4 is 54.5 Å². The topological polar surface area (TPSA) is 14.8 Å². The molecule has 3 nitrogen and oxygen atoms in total. The van der Waals surface area contributed by atoms with Gasteiger partial charge in [0.15, 0.2) is 0 Å². The van der Waals surface area contributed by atoms with Crippen molar-refractivity contribution in [3.8, 4) is 28.2 Å². The monoisotopic (exact) mass is 639 g/mol. The lowest BCUT2D eigenvalue weighted by molar-refractivity contribution is 0.629. The molecule has 0 amide bonds. The standard InChI is InChI=1S/C47H33N3/c1-47(2)39-18-10-12-20-44(39)48-26-25-35-45-38(29-40(47)46(35)48)37-28-31(22-24-43(37)50(45)33-15-7-4-8-16-33)30-21-23-42-36(27-30)34-17-9-11-19-41(34)49(42)32-13-5-3-6-14-32/h3-29H,1-2H3. The van der Waals surface area contributed by atoms with Crippen LogP contribution in [0.4, 0.5) is 0 Å². The maximum absolute atomic E-state index is 2.49. The number of aromatic nitrogens is 3. The van der Waals surface area contributed by atoms with Crippen molar-refractivity contribution in [2.24, 2.45) is 0 Å². The van der Waals surface area contributed by atoms with E-state index in [4.69, 9.17) is 0 Å². The van der Waals surface area contributed by atoms with Crippen LogP contribution in [-0.4, -0.2) is 13.7 Å². The molecule has 1 aliphatic heterocycles. The Morgan fingerprint density at radius 2 is 0.980 bits per heavy atom. The highest BCUT2D eigenvalue weighted by atomic mass is 15.0. The molecule has 0 atom stereocenters. The normalized spacial score (nSPS) is 13.6. The molecular weight excluding hydrogens is 607 g/mol. The van der Waals surface area contributed by atoms with Crippen LogP contribution in [0.5, 0.6) is 0 Å². The van der Waals surface area contributed by atoms with Gasteiger partial charge in [-0.25, -0.2) is 0 Å². The fraction of sp³-hybridized carbons (Fsp3) is 0.0638. The third-order valence-electron chi connectivity index (χ3n) is 11.2. The van der Waals surface area contributed by atoms with Crippen molar-refractivity contribution < 1.29 is 0 Å². The average molecular weight is 640 g/mol. The number of benzene rings is 7. The molecule has 3 aromatic heterocycles. The Kier molecular flexibility index (Phi) is 5.45. The molecule has 0 fully saturated rings. The number of hydrogen-bond acceptors (Lipinski definition) is 0. The van der Waals surface area contributed by atoms with Gasteiger partial charge in [0.2, 0.25) is 0 Å². The van der Waals surface area contributed by atoms with Gasteiger partial charge in [-0.05, 0) is 95.1 Å². The Hall–Kier alpha value is -6.32. The fourth-order valence-corrected chi connectivity index (χ4v) is 8.90. The fourth-order valence-electron chi connectivity index (χ4n) is 8.90. The summed E-state index contributed by atoms with van der Waals surface area (Å²) < 4.78 is 7.26. The largest absolute Gasteiger partial charge is 0.316 e. The Balaban J connectivity index is 1.20. The van der Waals surface area contributed by atoms with Gasteiger partial charge in [-0.3, -0.25) is 0 Å². The van der Waals surface area contributed by atoms with Crippen LogP contribution in [0.15, 0.2) is 164 Å². The zero-order chi connectivity index (χ0) is 33.1. The zero-order valence-electron chi connectivity index (χ0n) is 27.9. The molecule has 11 rings (SSSR count). The Bertz CT molecular complexity index is 2990. The van der Waals surface area contributed by atoms with E-state index in [2.05, 4.69) is 191 Å². The van der Waals surface area contributed by atoms with Crippen LogP contribution in [0.2, 0.25) is 0 Å². The second kappa shape index (κ2) is 9.87. The van der Waals surface area contributed by atoms with E-state index in [1.54, 1.807) is 0 Å². The second-order valence-corrected chi connectivity index (χ2v) is 14.2. The molecular formula is C47H33N3. The Morgan fingerprint density at radius 1 is 0.400 bits per heavy atom. The molecule has 10 aromatic rings. The number of fused-ring (bicyclic) bond motifs is 9. The molecule has 0 unspecified atom stereocenters. The van der Waals surface area contributed by atoms with Crippen molar-refractivity contribution in [1.82, 2.24) is 13.7 Å². The molecule has 0 saturated carbocycles. The summed E-state index contributed by atoms with van der Waals surface area (Å²) in [4.78, 5) is 0. The van der Waals surface area contributed by atoms with Crippen LogP contribution in [0.25, 0.3) is 82.7 Å². The molecule has 7 aromatic carbocycles. The maximum atomic E-state index is 2.49. The van der Waals surface area contributed by atoms with Crippen LogP contribution in [0.3, 0.4) is 0 Å². The molecule has 0 bridgehead atoms. The Labute approximate surface area is 289 Å². The lowest BCUT2D eigenvalue weighted by Crippen LogP contribution is -2.26. The van der Waals surface area contributed by atoms with Crippen molar-refractivity contribution in [2.75, 3.05) is 0 Å². The summed E-state index contributed by atoms with van der Waals surface area (Å²) in [5.41, 5.74) is 14.9. The van der Waals surface area contributed by atoms with Gasteiger partial charge in [-0.15, -0.1) is 0 Å². The molecule has 0 spiro atoms. The number of rotatable bonds is 3. The zero-order valence-corrected chi connectivity index (χ0v) is 27.9. The first-order chi connectivity index (χ1) is 24.6. The van der Waals surface area contributed by atoms with Gasteiger partial charge >= 0.3 is 0 Å². The lowest BCUT2D eigenvalue weighted by atomic mass is 9.74. The van der Waals surface area contributed by atoms with Crippen molar-refractivity contribution in [1.29, 1.82) is 0 Å². The van der Waals surface area contributed by atoms with Crippen molar-refractivity contribution in [3.05, 3.63) is 175 Å². The van der Waals surface area contributed by atoms with Gasteiger partial charge in [-0.1, -0.05) is 98.8 Å². The minimum Gasteiger partial charge on any atom is -0.316 e. The minimum atomic E-state index is -0.145. The summed E-state index contributed by atoms with van der Waals surface area (Å²) in [6, 6.07) is 58.0.